The van der Waals surface area contributed by atoms with Gasteiger partial charge in [-0.25, -0.2) is 0 Å². The molecule has 2 aromatic rings. The molecule has 0 saturated heterocycles. The zero-order valence-corrected chi connectivity index (χ0v) is 12.7. The third-order valence-corrected chi connectivity index (χ3v) is 3.16. The Balaban J connectivity index is 2.20. The summed E-state index contributed by atoms with van der Waals surface area (Å²) in [4.78, 5) is 0. The Morgan fingerprint density at radius 3 is 2.58 bits per heavy atom. The predicted molar refractivity (Wildman–Crippen MR) is 76.0 cm³/mol. The molecule has 1 N–H and O–H groups in total. The van der Waals surface area contributed by atoms with Crippen LogP contribution in [0.4, 0.5) is 0 Å². The van der Waals surface area contributed by atoms with E-state index in [0.717, 1.165) is 34.9 Å². The Morgan fingerprint density at radius 1 is 1.21 bits per heavy atom. The van der Waals surface area contributed by atoms with Crippen LogP contribution in [-0.4, -0.2) is 13.7 Å². The summed E-state index contributed by atoms with van der Waals surface area (Å²) < 4.78 is 17.2. The molecule has 0 amide bonds. The van der Waals surface area contributed by atoms with Gasteiger partial charge in [-0.1, -0.05) is 6.92 Å². The number of nitrogens with one attached hydrogen (secondary N) is 1. The molecule has 5 heteroatoms. The minimum atomic E-state index is -0.0724. The molecule has 0 fully saturated rings. The molecule has 1 unspecified atom stereocenters. The van der Waals surface area contributed by atoms with Crippen LogP contribution in [0.3, 0.4) is 0 Å². The monoisotopic (exact) mass is 327 g/mol. The molecule has 104 valence electrons. The van der Waals surface area contributed by atoms with Gasteiger partial charge < -0.3 is 18.9 Å². The quantitative estimate of drug-likeness (QED) is 0.838. The molecule has 2 rings (SSSR count). The van der Waals surface area contributed by atoms with Gasteiger partial charge in [-0.15, -0.1) is 0 Å². The number of methoxy groups -OCH3 is 1. The van der Waals surface area contributed by atoms with Gasteiger partial charge in [0.05, 0.1) is 0 Å². The van der Waals surface area contributed by atoms with Gasteiger partial charge in [-0.05, 0) is 53.2 Å². The zero-order valence-electron chi connectivity index (χ0n) is 11.1. The van der Waals surface area contributed by atoms with Crippen LogP contribution >= 0.6 is 15.9 Å². The van der Waals surface area contributed by atoms with Crippen LogP contribution in [0, 0.1) is 0 Å². The molecule has 0 saturated carbocycles. The van der Waals surface area contributed by atoms with Crippen LogP contribution in [0.2, 0.25) is 0 Å². The van der Waals surface area contributed by atoms with Crippen molar-refractivity contribution in [2.75, 3.05) is 13.7 Å². The van der Waals surface area contributed by atoms with Crippen molar-refractivity contribution in [3.8, 4) is 0 Å². The fraction of sp³-hybridized carbons (Fsp3) is 0.429. The lowest BCUT2D eigenvalue weighted by molar-refractivity contribution is 0.161. The Morgan fingerprint density at radius 2 is 1.95 bits per heavy atom. The highest BCUT2D eigenvalue weighted by Crippen LogP contribution is 2.27. The van der Waals surface area contributed by atoms with Crippen molar-refractivity contribution in [3.05, 3.63) is 46.2 Å². The van der Waals surface area contributed by atoms with Gasteiger partial charge in [0.15, 0.2) is 4.67 Å². The zero-order chi connectivity index (χ0) is 13.7. The van der Waals surface area contributed by atoms with Crippen molar-refractivity contribution >= 4 is 15.9 Å². The Hall–Kier alpha value is -1.04. The largest absolute Gasteiger partial charge is 0.461 e. The number of ether oxygens (including phenoxy) is 1. The number of hydrogen-bond donors (Lipinski definition) is 1. The van der Waals surface area contributed by atoms with Crippen molar-refractivity contribution in [2.24, 2.45) is 0 Å². The van der Waals surface area contributed by atoms with E-state index in [9.17, 15) is 0 Å². The standard InChI is InChI=1S/C14H18BrNO3/c1-3-8-16-14(12-6-7-13(15)19-12)11-5-4-10(18-11)9-17-2/h4-7,14,16H,3,8-9H2,1-2H3. The highest BCUT2D eigenvalue weighted by molar-refractivity contribution is 9.10. The van der Waals surface area contributed by atoms with Crippen LogP contribution in [0.1, 0.15) is 36.7 Å². The number of hydrogen-bond acceptors (Lipinski definition) is 4. The maximum absolute atomic E-state index is 5.78. The summed E-state index contributed by atoms with van der Waals surface area (Å²) in [5.74, 6) is 2.48. The summed E-state index contributed by atoms with van der Waals surface area (Å²) in [6, 6.07) is 7.64. The van der Waals surface area contributed by atoms with E-state index in [1.165, 1.54) is 0 Å². The molecular weight excluding hydrogens is 310 g/mol. The summed E-state index contributed by atoms with van der Waals surface area (Å²) in [6.07, 6.45) is 1.05. The molecule has 4 nitrogen and oxygen atoms in total. The summed E-state index contributed by atoms with van der Waals surface area (Å²) in [5.41, 5.74) is 0. The van der Waals surface area contributed by atoms with Gasteiger partial charge in [-0.2, -0.15) is 0 Å². The molecule has 2 heterocycles. The van der Waals surface area contributed by atoms with Gasteiger partial charge in [0.1, 0.15) is 29.9 Å². The first-order valence-corrected chi connectivity index (χ1v) is 7.10. The highest BCUT2D eigenvalue weighted by Gasteiger charge is 2.20. The summed E-state index contributed by atoms with van der Waals surface area (Å²) in [7, 11) is 1.65. The minimum Gasteiger partial charge on any atom is -0.461 e. The lowest BCUT2D eigenvalue weighted by atomic mass is 10.1. The fourth-order valence-electron chi connectivity index (χ4n) is 1.88. The smallest absolute Gasteiger partial charge is 0.169 e. The van der Waals surface area contributed by atoms with Crippen LogP contribution in [0.5, 0.6) is 0 Å². The van der Waals surface area contributed by atoms with Crippen LogP contribution < -0.4 is 5.32 Å². The lowest BCUT2D eigenvalue weighted by Gasteiger charge is -2.13. The van der Waals surface area contributed by atoms with E-state index in [4.69, 9.17) is 13.6 Å². The van der Waals surface area contributed by atoms with E-state index in [-0.39, 0.29) is 6.04 Å². The second-order valence-corrected chi connectivity index (χ2v) is 5.05. The number of rotatable bonds is 7. The van der Waals surface area contributed by atoms with E-state index in [2.05, 4.69) is 28.2 Å². The molecule has 0 aliphatic rings. The first-order chi connectivity index (χ1) is 9.24. The topological polar surface area (TPSA) is 47.5 Å². The molecule has 0 spiro atoms. The second kappa shape index (κ2) is 6.93. The average molecular weight is 328 g/mol. The van der Waals surface area contributed by atoms with Crippen molar-refractivity contribution in [1.82, 2.24) is 5.32 Å². The van der Waals surface area contributed by atoms with Crippen molar-refractivity contribution in [1.29, 1.82) is 0 Å². The Bertz CT molecular complexity index is 506. The number of furan rings is 2. The summed E-state index contributed by atoms with van der Waals surface area (Å²) >= 11 is 3.33. The second-order valence-electron chi connectivity index (χ2n) is 4.27. The molecule has 0 aromatic carbocycles. The Kier molecular flexibility index (Phi) is 5.24. The summed E-state index contributed by atoms with van der Waals surface area (Å²) in [5, 5.41) is 3.42. The van der Waals surface area contributed by atoms with Gasteiger partial charge >= 0.3 is 0 Å². The third-order valence-electron chi connectivity index (χ3n) is 2.73. The fourth-order valence-corrected chi connectivity index (χ4v) is 2.20. The third kappa shape index (κ3) is 3.72. The van der Waals surface area contributed by atoms with Crippen molar-refractivity contribution in [2.45, 2.75) is 26.0 Å². The van der Waals surface area contributed by atoms with Gasteiger partial charge in [0.25, 0.3) is 0 Å². The van der Waals surface area contributed by atoms with Gasteiger partial charge in [-0.3, -0.25) is 0 Å². The minimum absolute atomic E-state index is 0.0724. The lowest BCUT2D eigenvalue weighted by Crippen LogP contribution is -2.22. The predicted octanol–water partition coefficient (Wildman–Crippen LogP) is 3.87. The molecule has 19 heavy (non-hydrogen) atoms. The first kappa shape index (κ1) is 14.4. The molecular formula is C14H18BrNO3. The molecule has 0 bridgehead atoms. The van der Waals surface area contributed by atoms with E-state index < -0.39 is 0 Å². The van der Waals surface area contributed by atoms with Gasteiger partial charge in [0.2, 0.25) is 0 Å². The van der Waals surface area contributed by atoms with Gasteiger partial charge in [0, 0.05) is 7.11 Å². The van der Waals surface area contributed by atoms with E-state index >= 15 is 0 Å². The number of halogens is 1. The van der Waals surface area contributed by atoms with Crippen molar-refractivity contribution in [3.63, 3.8) is 0 Å². The van der Waals surface area contributed by atoms with Crippen LogP contribution in [0.15, 0.2) is 37.8 Å². The highest BCUT2D eigenvalue weighted by atomic mass is 79.9. The maximum Gasteiger partial charge on any atom is 0.169 e. The van der Waals surface area contributed by atoms with Crippen LogP contribution in [-0.2, 0) is 11.3 Å². The SMILES string of the molecule is CCCNC(c1ccc(Br)o1)c1ccc(COC)o1. The summed E-state index contributed by atoms with van der Waals surface area (Å²) in [6.45, 7) is 3.49. The normalized spacial score (nSPS) is 12.8. The van der Waals surface area contributed by atoms with E-state index in [1.807, 2.05) is 24.3 Å². The maximum atomic E-state index is 5.78. The van der Waals surface area contributed by atoms with E-state index in [1.54, 1.807) is 7.11 Å². The first-order valence-electron chi connectivity index (χ1n) is 6.30. The molecule has 0 aliphatic heterocycles. The Labute approximate surface area is 121 Å². The van der Waals surface area contributed by atoms with E-state index in [0.29, 0.717) is 6.61 Å². The molecule has 1 atom stereocenters. The van der Waals surface area contributed by atoms with Crippen LogP contribution in [0.25, 0.3) is 0 Å². The molecule has 2 aromatic heterocycles. The van der Waals surface area contributed by atoms with Crippen molar-refractivity contribution < 1.29 is 13.6 Å². The average Bonchev–Trinajstić information content (AvgIpc) is 3.01. The molecule has 0 aliphatic carbocycles. The molecule has 0 radical (unpaired) electrons.